The summed E-state index contributed by atoms with van der Waals surface area (Å²) in [5, 5.41) is 7.69. The minimum absolute atomic E-state index is 0.157. The second-order valence-electron chi connectivity index (χ2n) is 7.39. The van der Waals surface area contributed by atoms with Crippen LogP contribution in [0.4, 0.5) is 13.2 Å². The molecule has 1 atom stereocenters. The molecule has 1 aromatic carbocycles. The Morgan fingerprint density at radius 2 is 1.91 bits per heavy atom. The molecular formula is C22H22F3N3O2S2. The highest BCUT2D eigenvalue weighted by Crippen LogP contribution is 2.31. The summed E-state index contributed by atoms with van der Waals surface area (Å²) in [6.45, 7) is 2.70. The van der Waals surface area contributed by atoms with Gasteiger partial charge in [-0.1, -0.05) is 18.2 Å². The van der Waals surface area contributed by atoms with Crippen LogP contribution >= 0.6 is 22.7 Å². The van der Waals surface area contributed by atoms with Crippen molar-refractivity contribution in [2.24, 2.45) is 0 Å². The molecule has 3 aromatic rings. The van der Waals surface area contributed by atoms with Gasteiger partial charge in [0.15, 0.2) is 0 Å². The average Bonchev–Trinajstić information content (AvgIpc) is 3.46. The molecule has 10 heteroatoms. The summed E-state index contributed by atoms with van der Waals surface area (Å²) in [5.41, 5.74) is 0.748. The van der Waals surface area contributed by atoms with E-state index in [0.717, 1.165) is 27.6 Å². The predicted octanol–water partition coefficient (Wildman–Crippen LogP) is 4.62. The van der Waals surface area contributed by atoms with Gasteiger partial charge in [-0.05, 0) is 29.1 Å². The first-order chi connectivity index (χ1) is 15.4. The smallest absolute Gasteiger partial charge is 0.379 e. The van der Waals surface area contributed by atoms with Crippen molar-refractivity contribution in [2.75, 3.05) is 32.8 Å². The molecule has 3 heterocycles. The van der Waals surface area contributed by atoms with Crippen LogP contribution in [0.2, 0.25) is 0 Å². The van der Waals surface area contributed by atoms with Crippen LogP contribution in [0.5, 0.6) is 0 Å². The zero-order valence-corrected chi connectivity index (χ0v) is 18.7. The molecule has 0 saturated carbocycles. The van der Waals surface area contributed by atoms with E-state index >= 15 is 0 Å². The first-order valence-electron chi connectivity index (χ1n) is 10.1. The molecule has 5 nitrogen and oxygen atoms in total. The number of carbonyl (C=O) groups is 1. The van der Waals surface area contributed by atoms with Crippen molar-refractivity contribution in [1.29, 1.82) is 0 Å². The molecule has 1 aliphatic heterocycles. The van der Waals surface area contributed by atoms with Crippen LogP contribution < -0.4 is 5.32 Å². The van der Waals surface area contributed by atoms with Crippen LogP contribution in [0.3, 0.4) is 0 Å². The third-order valence-electron chi connectivity index (χ3n) is 5.23. The van der Waals surface area contributed by atoms with E-state index in [1.807, 2.05) is 22.9 Å². The van der Waals surface area contributed by atoms with Gasteiger partial charge < -0.3 is 10.1 Å². The summed E-state index contributed by atoms with van der Waals surface area (Å²) in [7, 11) is 0. The number of rotatable bonds is 7. The number of carbonyl (C=O) groups excluding carboxylic acids is 1. The number of ether oxygens (including phenoxy) is 1. The standard InChI is InChI=1S/C22H22F3N3O2S2/c23-22(24,25)16-5-3-15(4-6-16)18(28-7-9-30-10-8-28)13-26-20(29)12-17-14-32-21(27-17)19-2-1-11-31-19/h1-6,11,14,18H,7-10,12-13H2,(H,26,29). The maximum Gasteiger partial charge on any atom is 0.416 e. The highest BCUT2D eigenvalue weighted by Gasteiger charge is 2.31. The van der Waals surface area contributed by atoms with Gasteiger partial charge in [0.05, 0.1) is 41.8 Å². The number of thiazole rings is 1. The lowest BCUT2D eigenvalue weighted by molar-refractivity contribution is -0.137. The topological polar surface area (TPSA) is 54.5 Å². The van der Waals surface area contributed by atoms with Gasteiger partial charge in [0.25, 0.3) is 0 Å². The fourth-order valence-electron chi connectivity index (χ4n) is 3.58. The zero-order valence-electron chi connectivity index (χ0n) is 17.1. The van der Waals surface area contributed by atoms with Gasteiger partial charge in [-0.2, -0.15) is 13.2 Å². The number of halogens is 3. The van der Waals surface area contributed by atoms with Crippen LogP contribution in [-0.4, -0.2) is 48.6 Å². The molecule has 32 heavy (non-hydrogen) atoms. The molecule has 1 aliphatic rings. The number of aromatic nitrogens is 1. The molecule has 2 aromatic heterocycles. The summed E-state index contributed by atoms with van der Waals surface area (Å²) in [5.74, 6) is -0.168. The summed E-state index contributed by atoms with van der Waals surface area (Å²) >= 11 is 3.10. The first-order valence-corrected chi connectivity index (χ1v) is 11.9. The molecule has 0 spiro atoms. The van der Waals surface area contributed by atoms with E-state index in [2.05, 4.69) is 15.2 Å². The van der Waals surface area contributed by atoms with Crippen molar-refractivity contribution in [2.45, 2.75) is 18.6 Å². The number of alkyl halides is 3. The Bertz CT molecular complexity index is 1010. The Labute approximate surface area is 191 Å². The van der Waals surface area contributed by atoms with Crippen LogP contribution in [0.15, 0.2) is 47.2 Å². The van der Waals surface area contributed by atoms with Gasteiger partial charge in [-0.25, -0.2) is 4.98 Å². The van der Waals surface area contributed by atoms with Crippen molar-refractivity contribution in [3.05, 3.63) is 64.0 Å². The van der Waals surface area contributed by atoms with Gasteiger partial charge in [0.2, 0.25) is 5.91 Å². The van der Waals surface area contributed by atoms with Crippen LogP contribution in [0.1, 0.15) is 22.9 Å². The number of amides is 1. The highest BCUT2D eigenvalue weighted by atomic mass is 32.1. The second kappa shape index (κ2) is 10.1. The second-order valence-corrected chi connectivity index (χ2v) is 9.19. The van der Waals surface area contributed by atoms with E-state index < -0.39 is 11.7 Å². The van der Waals surface area contributed by atoms with E-state index in [-0.39, 0.29) is 18.4 Å². The Hall–Kier alpha value is -2.27. The molecule has 0 radical (unpaired) electrons. The monoisotopic (exact) mass is 481 g/mol. The van der Waals surface area contributed by atoms with Gasteiger partial charge in [-0.3, -0.25) is 9.69 Å². The molecule has 1 N–H and O–H groups in total. The fourth-order valence-corrected chi connectivity index (χ4v) is 5.21. The highest BCUT2D eigenvalue weighted by molar-refractivity contribution is 7.20. The number of hydrogen-bond acceptors (Lipinski definition) is 6. The van der Waals surface area contributed by atoms with E-state index in [9.17, 15) is 18.0 Å². The van der Waals surface area contributed by atoms with Gasteiger partial charge in [0.1, 0.15) is 5.01 Å². The molecule has 1 amide bonds. The minimum Gasteiger partial charge on any atom is -0.379 e. The van der Waals surface area contributed by atoms with E-state index in [0.29, 0.717) is 38.5 Å². The molecule has 170 valence electrons. The van der Waals surface area contributed by atoms with Gasteiger partial charge in [-0.15, -0.1) is 22.7 Å². The van der Waals surface area contributed by atoms with Crippen molar-refractivity contribution in [1.82, 2.24) is 15.2 Å². The summed E-state index contributed by atoms with van der Waals surface area (Å²) in [6.07, 6.45) is -4.22. The Morgan fingerprint density at radius 3 is 2.56 bits per heavy atom. The lowest BCUT2D eigenvalue weighted by Crippen LogP contribution is -2.44. The third-order valence-corrected chi connectivity index (χ3v) is 7.16. The number of morpholine rings is 1. The van der Waals surface area contributed by atoms with Crippen molar-refractivity contribution >= 4 is 28.6 Å². The predicted molar refractivity (Wildman–Crippen MR) is 119 cm³/mol. The zero-order chi connectivity index (χ0) is 22.6. The maximum atomic E-state index is 12.9. The molecule has 1 fully saturated rings. The largest absolute Gasteiger partial charge is 0.416 e. The number of hydrogen-bond donors (Lipinski definition) is 1. The number of nitrogens with zero attached hydrogens (tertiary/aromatic N) is 2. The lowest BCUT2D eigenvalue weighted by Gasteiger charge is -2.35. The van der Waals surface area contributed by atoms with Gasteiger partial charge in [0, 0.05) is 25.0 Å². The molecule has 1 saturated heterocycles. The molecular weight excluding hydrogens is 459 g/mol. The van der Waals surface area contributed by atoms with Crippen LogP contribution in [-0.2, 0) is 22.1 Å². The van der Waals surface area contributed by atoms with E-state index in [1.165, 1.54) is 23.5 Å². The molecule has 4 rings (SSSR count). The van der Waals surface area contributed by atoms with E-state index in [1.54, 1.807) is 11.3 Å². The Morgan fingerprint density at radius 1 is 1.16 bits per heavy atom. The first kappa shape index (κ1) is 22.9. The van der Waals surface area contributed by atoms with Gasteiger partial charge >= 0.3 is 6.18 Å². The van der Waals surface area contributed by atoms with Crippen LogP contribution in [0.25, 0.3) is 9.88 Å². The quantitative estimate of drug-likeness (QED) is 0.535. The third kappa shape index (κ3) is 5.74. The van der Waals surface area contributed by atoms with Crippen molar-refractivity contribution in [3.63, 3.8) is 0 Å². The van der Waals surface area contributed by atoms with E-state index in [4.69, 9.17) is 4.74 Å². The maximum absolute atomic E-state index is 12.9. The normalized spacial score (nSPS) is 16.1. The molecule has 0 bridgehead atoms. The lowest BCUT2D eigenvalue weighted by atomic mass is 10.0. The summed E-state index contributed by atoms with van der Waals surface area (Å²) < 4.78 is 44.2. The summed E-state index contributed by atoms with van der Waals surface area (Å²) in [4.78, 5) is 20.3. The average molecular weight is 482 g/mol. The summed E-state index contributed by atoms with van der Waals surface area (Å²) in [6, 6.07) is 8.87. The Kier molecular flexibility index (Phi) is 7.24. The van der Waals surface area contributed by atoms with Crippen molar-refractivity contribution in [3.8, 4) is 9.88 Å². The Balaban J connectivity index is 1.41. The minimum atomic E-state index is -4.38. The SMILES string of the molecule is O=C(Cc1csc(-c2cccs2)n1)NCC(c1ccc(C(F)(F)F)cc1)N1CCOCC1. The number of thiophene rings is 1. The van der Waals surface area contributed by atoms with Crippen LogP contribution in [0, 0.1) is 0 Å². The number of nitrogens with one attached hydrogen (secondary N) is 1. The fraction of sp³-hybridized carbons (Fsp3) is 0.364. The number of benzene rings is 1. The molecule has 0 aliphatic carbocycles. The van der Waals surface area contributed by atoms with Crippen molar-refractivity contribution < 1.29 is 22.7 Å². The molecule has 1 unspecified atom stereocenters.